The van der Waals surface area contributed by atoms with Gasteiger partial charge in [-0.05, 0) is 37.6 Å². The molecule has 0 radical (unpaired) electrons. The summed E-state index contributed by atoms with van der Waals surface area (Å²) < 4.78 is 5.73. The lowest BCUT2D eigenvalue weighted by atomic mass is 10.1. The summed E-state index contributed by atoms with van der Waals surface area (Å²) in [6.45, 7) is 4.93. The Balaban J connectivity index is 1.94. The zero-order chi connectivity index (χ0) is 15.1. The number of aromatic nitrogens is 2. The highest BCUT2D eigenvalue weighted by molar-refractivity contribution is 5.64. The van der Waals surface area contributed by atoms with Crippen LogP contribution in [-0.2, 0) is 6.61 Å². The Morgan fingerprint density at radius 1 is 1.14 bits per heavy atom. The maximum Gasteiger partial charge on any atom is 0.119 e. The molecule has 1 aromatic carbocycles. The van der Waals surface area contributed by atoms with E-state index in [0.717, 1.165) is 41.3 Å². The van der Waals surface area contributed by atoms with Gasteiger partial charge in [-0.2, -0.15) is 5.10 Å². The van der Waals surface area contributed by atoms with Gasteiger partial charge in [0.2, 0.25) is 0 Å². The number of benzene rings is 1. The molecule has 114 valence electrons. The van der Waals surface area contributed by atoms with E-state index in [2.05, 4.69) is 17.1 Å². The van der Waals surface area contributed by atoms with Crippen molar-refractivity contribution < 1.29 is 9.84 Å². The van der Waals surface area contributed by atoms with E-state index in [4.69, 9.17) is 4.74 Å². The highest BCUT2D eigenvalue weighted by Crippen LogP contribution is 2.25. The van der Waals surface area contributed by atoms with Crippen LogP contribution in [0.1, 0.15) is 43.9 Å². The van der Waals surface area contributed by atoms with Crippen LogP contribution in [-0.4, -0.2) is 21.9 Å². The fourth-order valence-corrected chi connectivity index (χ4v) is 2.30. The van der Waals surface area contributed by atoms with Gasteiger partial charge in [0.25, 0.3) is 0 Å². The zero-order valence-corrected chi connectivity index (χ0v) is 12.9. The number of hydrogen-bond donors (Lipinski definition) is 2. The molecule has 0 atom stereocenters. The van der Waals surface area contributed by atoms with Crippen molar-refractivity contribution in [1.82, 2.24) is 10.2 Å². The molecule has 4 nitrogen and oxygen atoms in total. The van der Waals surface area contributed by atoms with Gasteiger partial charge in [0.15, 0.2) is 0 Å². The predicted molar refractivity (Wildman–Crippen MR) is 84.3 cm³/mol. The number of ether oxygens (including phenoxy) is 1. The van der Waals surface area contributed by atoms with E-state index in [1.165, 1.54) is 19.3 Å². The molecule has 0 saturated carbocycles. The predicted octanol–water partition coefficient (Wildman–Crippen LogP) is 3.84. The van der Waals surface area contributed by atoms with Crippen molar-refractivity contribution in [3.8, 4) is 17.0 Å². The second-order valence-corrected chi connectivity index (χ2v) is 5.27. The zero-order valence-electron chi connectivity index (χ0n) is 12.9. The Bertz CT molecular complexity index is 546. The van der Waals surface area contributed by atoms with Gasteiger partial charge in [-0.15, -0.1) is 0 Å². The Kier molecular flexibility index (Phi) is 5.81. The number of aromatic amines is 1. The first kappa shape index (κ1) is 15.6. The number of unbranched alkanes of at least 4 members (excludes halogenated alkanes) is 3. The van der Waals surface area contributed by atoms with E-state index in [0.29, 0.717) is 0 Å². The number of H-pyrrole nitrogens is 1. The summed E-state index contributed by atoms with van der Waals surface area (Å²) in [4.78, 5) is 0. The highest BCUT2D eigenvalue weighted by Gasteiger charge is 2.10. The maximum atomic E-state index is 9.19. The molecule has 2 rings (SSSR count). The van der Waals surface area contributed by atoms with Crippen LogP contribution >= 0.6 is 0 Å². The quantitative estimate of drug-likeness (QED) is 0.726. The van der Waals surface area contributed by atoms with Gasteiger partial charge in [0.1, 0.15) is 5.75 Å². The maximum absolute atomic E-state index is 9.19. The van der Waals surface area contributed by atoms with E-state index in [1.54, 1.807) is 0 Å². The van der Waals surface area contributed by atoms with Crippen LogP contribution < -0.4 is 4.74 Å². The van der Waals surface area contributed by atoms with Crippen molar-refractivity contribution in [2.24, 2.45) is 0 Å². The number of hydrogen-bond acceptors (Lipinski definition) is 3. The average molecular weight is 288 g/mol. The third kappa shape index (κ3) is 4.08. The van der Waals surface area contributed by atoms with Gasteiger partial charge >= 0.3 is 0 Å². The van der Waals surface area contributed by atoms with Gasteiger partial charge in [0, 0.05) is 11.1 Å². The molecule has 2 aromatic rings. The lowest BCUT2D eigenvalue weighted by Gasteiger charge is -2.06. The molecule has 1 aromatic heterocycles. The van der Waals surface area contributed by atoms with Crippen LogP contribution in [0.3, 0.4) is 0 Å². The van der Waals surface area contributed by atoms with Crippen molar-refractivity contribution in [3.63, 3.8) is 0 Å². The van der Waals surface area contributed by atoms with Crippen molar-refractivity contribution in [2.75, 3.05) is 6.61 Å². The minimum absolute atomic E-state index is 0.0161. The summed E-state index contributed by atoms with van der Waals surface area (Å²) in [6.07, 6.45) is 4.85. The molecule has 0 aliphatic heterocycles. The molecule has 0 spiro atoms. The third-order valence-corrected chi connectivity index (χ3v) is 3.66. The molecule has 21 heavy (non-hydrogen) atoms. The molecule has 0 aliphatic carbocycles. The second-order valence-electron chi connectivity index (χ2n) is 5.27. The van der Waals surface area contributed by atoms with Crippen molar-refractivity contribution in [2.45, 2.75) is 46.1 Å². The second kappa shape index (κ2) is 7.84. The SMILES string of the molecule is CCCCCCOc1ccc(-c2n[nH]c(CO)c2C)cc1. The average Bonchev–Trinajstić information content (AvgIpc) is 2.88. The van der Waals surface area contributed by atoms with Crippen molar-refractivity contribution in [3.05, 3.63) is 35.5 Å². The van der Waals surface area contributed by atoms with Gasteiger partial charge in [-0.25, -0.2) is 0 Å². The van der Waals surface area contributed by atoms with E-state index in [-0.39, 0.29) is 6.61 Å². The summed E-state index contributed by atoms with van der Waals surface area (Å²) in [5, 5.41) is 16.3. The van der Waals surface area contributed by atoms with Crippen LogP contribution in [0.5, 0.6) is 5.75 Å². The summed E-state index contributed by atoms with van der Waals surface area (Å²) in [6, 6.07) is 7.96. The minimum atomic E-state index is -0.0161. The Morgan fingerprint density at radius 3 is 2.52 bits per heavy atom. The third-order valence-electron chi connectivity index (χ3n) is 3.66. The first-order valence-corrected chi connectivity index (χ1v) is 7.64. The minimum Gasteiger partial charge on any atom is -0.494 e. The smallest absolute Gasteiger partial charge is 0.119 e. The molecule has 2 N–H and O–H groups in total. The van der Waals surface area contributed by atoms with E-state index < -0.39 is 0 Å². The lowest BCUT2D eigenvalue weighted by molar-refractivity contribution is 0.276. The monoisotopic (exact) mass is 288 g/mol. The normalized spacial score (nSPS) is 10.8. The van der Waals surface area contributed by atoms with Gasteiger partial charge < -0.3 is 9.84 Å². The summed E-state index contributed by atoms with van der Waals surface area (Å²) in [7, 11) is 0. The first-order valence-electron chi connectivity index (χ1n) is 7.64. The van der Waals surface area contributed by atoms with Crippen molar-refractivity contribution in [1.29, 1.82) is 0 Å². The van der Waals surface area contributed by atoms with E-state index in [9.17, 15) is 5.11 Å². The Hall–Kier alpha value is -1.81. The van der Waals surface area contributed by atoms with E-state index in [1.807, 2.05) is 31.2 Å². The molecule has 0 amide bonds. The summed E-state index contributed by atoms with van der Waals surface area (Å²) >= 11 is 0. The molecule has 0 aliphatic rings. The fourth-order valence-electron chi connectivity index (χ4n) is 2.30. The molecule has 1 heterocycles. The molecule has 0 fully saturated rings. The van der Waals surface area contributed by atoms with E-state index >= 15 is 0 Å². The summed E-state index contributed by atoms with van der Waals surface area (Å²) in [5.41, 5.74) is 3.67. The first-order chi connectivity index (χ1) is 10.3. The van der Waals surface area contributed by atoms with Gasteiger partial charge in [-0.1, -0.05) is 26.2 Å². The molecular formula is C17H24N2O2. The van der Waals surface area contributed by atoms with Crippen LogP contribution in [0, 0.1) is 6.92 Å². The molecule has 0 unspecified atom stereocenters. The van der Waals surface area contributed by atoms with Gasteiger partial charge in [-0.3, -0.25) is 5.10 Å². The molecular weight excluding hydrogens is 264 g/mol. The van der Waals surface area contributed by atoms with Crippen LogP contribution in [0.2, 0.25) is 0 Å². The largest absolute Gasteiger partial charge is 0.494 e. The fraction of sp³-hybridized carbons (Fsp3) is 0.471. The molecule has 0 bridgehead atoms. The Morgan fingerprint density at radius 2 is 1.90 bits per heavy atom. The number of aliphatic hydroxyl groups is 1. The number of nitrogens with zero attached hydrogens (tertiary/aromatic N) is 1. The number of aliphatic hydroxyl groups excluding tert-OH is 1. The number of nitrogens with one attached hydrogen (secondary N) is 1. The lowest BCUT2D eigenvalue weighted by Crippen LogP contribution is -1.97. The van der Waals surface area contributed by atoms with Crippen LogP contribution in [0.25, 0.3) is 11.3 Å². The van der Waals surface area contributed by atoms with Crippen molar-refractivity contribution >= 4 is 0 Å². The molecule has 0 saturated heterocycles. The van der Waals surface area contributed by atoms with Gasteiger partial charge in [0.05, 0.1) is 24.6 Å². The topological polar surface area (TPSA) is 58.1 Å². The summed E-state index contributed by atoms with van der Waals surface area (Å²) in [5.74, 6) is 0.894. The van der Waals surface area contributed by atoms with Crippen LogP contribution in [0.4, 0.5) is 0 Å². The molecule has 4 heteroatoms. The number of rotatable bonds is 8. The standard InChI is InChI=1S/C17H24N2O2/c1-3-4-5-6-11-21-15-9-7-14(8-10-15)17-13(2)16(12-20)18-19-17/h7-10,20H,3-6,11-12H2,1-2H3,(H,18,19). The van der Waals surface area contributed by atoms with Crippen LogP contribution in [0.15, 0.2) is 24.3 Å². The highest BCUT2D eigenvalue weighted by atomic mass is 16.5. The Labute approximate surface area is 126 Å².